The molecule has 1 saturated carbocycles. The highest BCUT2D eigenvalue weighted by Crippen LogP contribution is 2.36. The Hall–Kier alpha value is -2.26. The van der Waals surface area contributed by atoms with E-state index in [1.807, 2.05) is 31.2 Å². The van der Waals surface area contributed by atoms with Gasteiger partial charge in [-0.2, -0.15) is 0 Å². The molecule has 0 unspecified atom stereocenters. The zero-order valence-corrected chi connectivity index (χ0v) is 20.2. The van der Waals surface area contributed by atoms with Crippen molar-refractivity contribution in [1.29, 1.82) is 0 Å². The van der Waals surface area contributed by atoms with Gasteiger partial charge in [-0.05, 0) is 52.2 Å². The lowest BCUT2D eigenvalue weighted by molar-refractivity contribution is 0.348. The smallest absolute Gasteiger partial charge is 0.0827 e. The van der Waals surface area contributed by atoms with Gasteiger partial charge < -0.3 is 9.88 Å². The first-order chi connectivity index (χ1) is 15.0. The Balaban J connectivity index is 2.07. The Labute approximate surface area is 192 Å². The third-order valence-corrected chi connectivity index (χ3v) is 6.56. The molecule has 0 amide bonds. The molecule has 166 valence electrons. The van der Waals surface area contributed by atoms with Crippen LogP contribution in [0.3, 0.4) is 0 Å². The molecule has 1 aromatic carbocycles. The number of benzene rings is 1. The van der Waals surface area contributed by atoms with E-state index in [1.54, 1.807) is 0 Å². The van der Waals surface area contributed by atoms with E-state index in [0.29, 0.717) is 6.04 Å². The molecule has 1 fully saturated rings. The van der Waals surface area contributed by atoms with Crippen LogP contribution in [0.25, 0.3) is 11.4 Å². The minimum atomic E-state index is 0.516. The van der Waals surface area contributed by atoms with Gasteiger partial charge in [-0.25, -0.2) is 0 Å². The summed E-state index contributed by atoms with van der Waals surface area (Å²) >= 11 is 6.44. The van der Waals surface area contributed by atoms with Crippen LogP contribution in [-0.2, 0) is 0 Å². The zero-order chi connectivity index (χ0) is 22.4. The van der Waals surface area contributed by atoms with Crippen LogP contribution in [0.1, 0.15) is 87.9 Å². The molecule has 3 nitrogen and oxygen atoms in total. The number of halogens is 1. The summed E-state index contributed by atoms with van der Waals surface area (Å²) in [6.45, 7) is 13.8. The average molecular weight is 438 g/mol. The van der Waals surface area contributed by atoms with Gasteiger partial charge in [0.1, 0.15) is 0 Å². The Morgan fingerprint density at radius 2 is 1.94 bits per heavy atom. The monoisotopic (exact) mass is 437 g/mol. The largest absolute Gasteiger partial charge is 0.385 e. The van der Waals surface area contributed by atoms with Gasteiger partial charge >= 0.3 is 0 Å². The summed E-state index contributed by atoms with van der Waals surface area (Å²) in [6, 6.07) is 10.7. The number of nitrogens with zero attached hydrogens (tertiary/aromatic N) is 2. The fourth-order valence-electron chi connectivity index (χ4n) is 4.57. The van der Waals surface area contributed by atoms with E-state index in [0.717, 1.165) is 40.7 Å². The highest BCUT2D eigenvalue weighted by atomic mass is 35.5. The second-order valence-electron chi connectivity index (χ2n) is 8.45. The van der Waals surface area contributed by atoms with Gasteiger partial charge in [0.15, 0.2) is 0 Å². The van der Waals surface area contributed by atoms with Crippen LogP contribution in [0.2, 0.25) is 5.02 Å². The van der Waals surface area contributed by atoms with Gasteiger partial charge in [-0.15, -0.1) is 0 Å². The number of hydrogen-bond donors (Lipinski definition) is 1. The lowest BCUT2D eigenvalue weighted by Crippen LogP contribution is -2.17. The molecule has 1 N–H and O–H groups in total. The highest BCUT2D eigenvalue weighted by Gasteiger charge is 2.24. The summed E-state index contributed by atoms with van der Waals surface area (Å²) in [5, 5.41) is 4.22. The molecule has 0 radical (unpaired) electrons. The van der Waals surface area contributed by atoms with Crippen molar-refractivity contribution in [1.82, 2.24) is 9.88 Å². The van der Waals surface area contributed by atoms with Gasteiger partial charge in [0.2, 0.25) is 0 Å². The van der Waals surface area contributed by atoms with Gasteiger partial charge in [-0.1, -0.05) is 68.6 Å². The minimum absolute atomic E-state index is 0.516. The van der Waals surface area contributed by atoms with Gasteiger partial charge in [0, 0.05) is 45.8 Å². The van der Waals surface area contributed by atoms with Crippen LogP contribution in [0.15, 0.2) is 48.0 Å². The first-order valence-electron chi connectivity index (χ1n) is 11.6. The fourth-order valence-corrected chi connectivity index (χ4v) is 4.84. The molecular weight excluding hydrogens is 402 g/mol. The number of rotatable bonds is 8. The number of nitrogens with one attached hydrogen (secondary N) is 1. The molecule has 0 spiro atoms. The molecule has 0 atom stereocenters. The van der Waals surface area contributed by atoms with Crippen molar-refractivity contribution in [2.45, 2.75) is 72.3 Å². The molecular formula is C27H36ClN3. The Kier molecular flexibility index (Phi) is 8.20. The van der Waals surface area contributed by atoms with Crippen molar-refractivity contribution >= 4 is 28.7 Å². The Morgan fingerprint density at radius 3 is 2.58 bits per heavy atom. The summed E-state index contributed by atoms with van der Waals surface area (Å²) in [7, 11) is 0. The number of aliphatic imine (C=N–C) groups is 1. The van der Waals surface area contributed by atoms with E-state index in [9.17, 15) is 0 Å². The van der Waals surface area contributed by atoms with Gasteiger partial charge in [-0.3, -0.25) is 4.99 Å². The van der Waals surface area contributed by atoms with Crippen LogP contribution < -0.4 is 5.32 Å². The Morgan fingerprint density at radius 1 is 1.23 bits per heavy atom. The summed E-state index contributed by atoms with van der Waals surface area (Å²) in [5.74, 6) is 0. The van der Waals surface area contributed by atoms with Crippen molar-refractivity contribution in [3.05, 3.63) is 70.5 Å². The molecule has 0 bridgehead atoms. The summed E-state index contributed by atoms with van der Waals surface area (Å²) in [5.41, 5.74) is 7.53. The van der Waals surface area contributed by atoms with Crippen molar-refractivity contribution in [2.24, 2.45) is 4.99 Å². The molecule has 2 aromatic rings. The number of aromatic nitrogens is 1. The van der Waals surface area contributed by atoms with Crippen molar-refractivity contribution in [3.63, 3.8) is 0 Å². The second kappa shape index (κ2) is 10.9. The lowest BCUT2D eigenvalue weighted by atomic mass is 9.95. The van der Waals surface area contributed by atoms with Crippen LogP contribution in [-0.4, -0.2) is 16.8 Å². The maximum Gasteiger partial charge on any atom is 0.0827 e. The molecule has 1 aliphatic rings. The van der Waals surface area contributed by atoms with Crippen LogP contribution in [0.5, 0.6) is 0 Å². The van der Waals surface area contributed by atoms with Gasteiger partial charge in [0.05, 0.1) is 11.4 Å². The molecule has 31 heavy (non-hydrogen) atoms. The third-order valence-electron chi connectivity index (χ3n) is 6.23. The molecule has 1 aliphatic carbocycles. The van der Waals surface area contributed by atoms with Crippen LogP contribution in [0, 0.1) is 6.92 Å². The SMILES string of the molecule is C=C(NCCC)c1cc(/C(=C/C)N=C(C)c2ccccc2Cl)n(C2CCCCC2)c1C. The first kappa shape index (κ1) is 23.4. The Bertz CT molecular complexity index is 974. The topological polar surface area (TPSA) is 29.3 Å². The summed E-state index contributed by atoms with van der Waals surface area (Å²) in [4.78, 5) is 5.05. The zero-order valence-electron chi connectivity index (χ0n) is 19.5. The third kappa shape index (κ3) is 5.33. The van der Waals surface area contributed by atoms with Crippen molar-refractivity contribution in [3.8, 4) is 0 Å². The normalized spacial score (nSPS) is 15.9. The van der Waals surface area contributed by atoms with Gasteiger partial charge in [0.25, 0.3) is 0 Å². The molecule has 0 saturated heterocycles. The van der Waals surface area contributed by atoms with E-state index >= 15 is 0 Å². The summed E-state index contributed by atoms with van der Waals surface area (Å²) in [6.07, 6.45) is 9.56. The van der Waals surface area contributed by atoms with Crippen LogP contribution in [0.4, 0.5) is 0 Å². The average Bonchev–Trinajstić information content (AvgIpc) is 3.13. The maximum atomic E-state index is 6.44. The second-order valence-corrected chi connectivity index (χ2v) is 8.85. The van der Waals surface area contributed by atoms with E-state index in [2.05, 4.69) is 49.4 Å². The van der Waals surface area contributed by atoms with Crippen molar-refractivity contribution < 1.29 is 0 Å². The van der Waals surface area contributed by atoms with E-state index in [-0.39, 0.29) is 0 Å². The number of allylic oxidation sites excluding steroid dienone is 1. The predicted molar refractivity (Wildman–Crippen MR) is 136 cm³/mol. The molecule has 3 rings (SSSR count). The maximum absolute atomic E-state index is 6.44. The first-order valence-corrected chi connectivity index (χ1v) is 12.0. The quantitative estimate of drug-likeness (QED) is 0.419. The van der Waals surface area contributed by atoms with E-state index < -0.39 is 0 Å². The summed E-state index contributed by atoms with van der Waals surface area (Å²) < 4.78 is 2.52. The minimum Gasteiger partial charge on any atom is -0.385 e. The molecule has 1 heterocycles. The molecule has 0 aliphatic heterocycles. The standard InChI is InChI=1S/C27H36ClN3/c1-6-17-29-19(3)24-18-27(31(21(24)5)22-13-9-8-10-14-22)26(7-2)30-20(4)23-15-11-12-16-25(23)28/h7,11-12,15-16,18,22,29H,3,6,8-10,13-14,17H2,1-2,4-5H3/b26-7-,30-20?. The number of hydrogen-bond acceptors (Lipinski definition) is 2. The van der Waals surface area contributed by atoms with E-state index in [1.165, 1.54) is 49.1 Å². The molecule has 4 heteroatoms. The fraction of sp³-hybridized carbons (Fsp3) is 0.444. The van der Waals surface area contributed by atoms with E-state index in [4.69, 9.17) is 16.6 Å². The van der Waals surface area contributed by atoms with Crippen molar-refractivity contribution in [2.75, 3.05) is 6.54 Å². The molecule has 1 aromatic heterocycles. The van der Waals surface area contributed by atoms with Crippen LogP contribution >= 0.6 is 11.6 Å². The predicted octanol–water partition coefficient (Wildman–Crippen LogP) is 7.80. The lowest BCUT2D eigenvalue weighted by Gasteiger charge is -2.27. The highest BCUT2D eigenvalue weighted by molar-refractivity contribution is 6.34.